The van der Waals surface area contributed by atoms with Crippen molar-refractivity contribution in [1.82, 2.24) is 29.9 Å². The number of rotatable bonds is 4. The quantitative estimate of drug-likeness (QED) is 0.864. The van der Waals surface area contributed by atoms with Gasteiger partial charge in [-0.1, -0.05) is 11.8 Å². The molecular formula is C14H20N6OS. The number of aryl methyl sites for hydroxylation is 3. The molecule has 7 nitrogen and oxygen atoms in total. The second-order valence-corrected chi connectivity index (χ2v) is 6.59. The molecule has 1 saturated heterocycles. The van der Waals surface area contributed by atoms with Crippen molar-refractivity contribution in [3.05, 3.63) is 23.3 Å². The predicted octanol–water partition coefficient (Wildman–Crippen LogP) is 1.49. The fourth-order valence-corrected chi connectivity index (χ4v) is 3.53. The van der Waals surface area contributed by atoms with Gasteiger partial charge in [-0.15, -0.1) is 5.10 Å². The van der Waals surface area contributed by atoms with Gasteiger partial charge in [0.25, 0.3) is 0 Å². The minimum atomic E-state index is 0.136. The second-order valence-electron chi connectivity index (χ2n) is 5.65. The lowest BCUT2D eigenvalue weighted by Crippen LogP contribution is -2.30. The summed E-state index contributed by atoms with van der Waals surface area (Å²) in [5.74, 6) is 1.28. The van der Waals surface area contributed by atoms with E-state index in [0.717, 1.165) is 36.7 Å². The third kappa shape index (κ3) is 3.16. The van der Waals surface area contributed by atoms with E-state index in [1.54, 1.807) is 0 Å². The molecule has 1 N–H and O–H groups in total. The smallest absolute Gasteiger partial charge is 0.233 e. The van der Waals surface area contributed by atoms with E-state index in [4.69, 9.17) is 0 Å². The maximum Gasteiger partial charge on any atom is 0.233 e. The summed E-state index contributed by atoms with van der Waals surface area (Å²) >= 11 is 1.37. The van der Waals surface area contributed by atoms with Crippen molar-refractivity contribution in [2.75, 3.05) is 18.8 Å². The van der Waals surface area contributed by atoms with Gasteiger partial charge in [0.2, 0.25) is 11.1 Å². The van der Waals surface area contributed by atoms with E-state index in [9.17, 15) is 4.79 Å². The van der Waals surface area contributed by atoms with Gasteiger partial charge in [-0.05, 0) is 33.3 Å². The number of aromatic nitrogens is 5. The summed E-state index contributed by atoms with van der Waals surface area (Å²) < 4.78 is 2.05. The molecule has 3 heterocycles. The molecule has 3 rings (SSSR count). The zero-order valence-electron chi connectivity index (χ0n) is 13.0. The lowest BCUT2D eigenvalue weighted by atomic mass is 10.2. The topological polar surface area (TPSA) is 79.7 Å². The van der Waals surface area contributed by atoms with Crippen LogP contribution in [-0.2, 0) is 4.79 Å². The molecule has 0 radical (unpaired) electrons. The standard InChI is InChI=1S/C14H20N6OS/c1-9-6-10(2)20(18-9)12-4-5-19(7-12)13(21)8-22-14-15-11(3)16-17-14/h6,12H,4-5,7-8H2,1-3H3,(H,15,16,17)/t12-/m0/s1. The van der Waals surface area contributed by atoms with Crippen LogP contribution in [0.3, 0.4) is 0 Å². The van der Waals surface area contributed by atoms with Gasteiger partial charge >= 0.3 is 0 Å². The highest BCUT2D eigenvalue weighted by molar-refractivity contribution is 7.99. The molecule has 1 aliphatic heterocycles. The van der Waals surface area contributed by atoms with Crippen LogP contribution in [0.15, 0.2) is 11.2 Å². The molecule has 22 heavy (non-hydrogen) atoms. The molecular weight excluding hydrogens is 300 g/mol. The molecule has 1 atom stereocenters. The van der Waals surface area contributed by atoms with Gasteiger partial charge in [0.1, 0.15) is 5.82 Å². The average molecular weight is 320 g/mol. The summed E-state index contributed by atoms with van der Waals surface area (Å²) in [5, 5.41) is 12.0. The molecule has 0 spiro atoms. The number of carbonyl (C=O) groups is 1. The molecule has 0 aromatic carbocycles. The van der Waals surface area contributed by atoms with E-state index in [-0.39, 0.29) is 11.9 Å². The van der Waals surface area contributed by atoms with E-state index < -0.39 is 0 Å². The summed E-state index contributed by atoms with van der Waals surface area (Å²) in [6, 6.07) is 2.36. The van der Waals surface area contributed by atoms with Gasteiger partial charge in [-0.3, -0.25) is 14.6 Å². The molecule has 2 aromatic rings. The first-order valence-corrected chi connectivity index (χ1v) is 8.34. The first kappa shape index (κ1) is 15.1. The number of nitrogens with one attached hydrogen (secondary N) is 1. The first-order valence-electron chi connectivity index (χ1n) is 7.35. The minimum Gasteiger partial charge on any atom is -0.340 e. The lowest BCUT2D eigenvalue weighted by molar-refractivity contribution is -0.127. The number of thioether (sulfide) groups is 1. The predicted molar refractivity (Wildman–Crippen MR) is 83.8 cm³/mol. The SMILES string of the molecule is Cc1cc(C)n([C@H]2CCN(C(=O)CSc3n[nH]c(C)n3)C2)n1. The van der Waals surface area contributed by atoms with Crippen LogP contribution in [0.4, 0.5) is 0 Å². The van der Waals surface area contributed by atoms with E-state index >= 15 is 0 Å². The zero-order valence-corrected chi connectivity index (χ0v) is 13.9. The molecule has 2 aromatic heterocycles. The van der Waals surface area contributed by atoms with Crippen LogP contribution in [0.25, 0.3) is 0 Å². The molecule has 1 aliphatic rings. The van der Waals surface area contributed by atoms with Crippen molar-refractivity contribution in [3.8, 4) is 0 Å². The molecule has 0 aliphatic carbocycles. The van der Waals surface area contributed by atoms with Crippen molar-refractivity contribution >= 4 is 17.7 Å². The largest absolute Gasteiger partial charge is 0.340 e. The second kappa shape index (κ2) is 6.12. The summed E-state index contributed by atoms with van der Waals surface area (Å²) in [4.78, 5) is 18.4. The van der Waals surface area contributed by atoms with Gasteiger partial charge in [0.15, 0.2) is 0 Å². The number of H-pyrrole nitrogens is 1. The van der Waals surface area contributed by atoms with Crippen molar-refractivity contribution in [2.24, 2.45) is 0 Å². The normalized spacial score (nSPS) is 18.1. The van der Waals surface area contributed by atoms with Crippen LogP contribution in [-0.4, -0.2) is 54.6 Å². The number of nitrogens with zero attached hydrogens (tertiary/aromatic N) is 5. The van der Waals surface area contributed by atoms with Crippen LogP contribution in [0, 0.1) is 20.8 Å². The van der Waals surface area contributed by atoms with Gasteiger partial charge in [-0.2, -0.15) is 5.10 Å². The Kier molecular flexibility index (Phi) is 4.19. The van der Waals surface area contributed by atoms with Crippen LogP contribution in [0.5, 0.6) is 0 Å². The van der Waals surface area contributed by atoms with Crippen molar-refractivity contribution in [2.45, 2.75) is 38.4 Å². The lowest BCUT2D eigenvalue weighted by Gasteiger charge is -2.17. The number of amides is 1. The van der Waals surface area contributed by atoms with Crippen LogP contribution in [0.1, 0.15) is 29.7 Å². The average Bonchev–Trinajstić information content (AvgIpc) is 3.16. The molecule has 1 fully saturated rings. The number of hydrogen-bond donors (Lipinski definition) is 1. The van der Waals surface area contributed by atoms with E-state index in [1.807, 2.05) is 23.4 Å². The molecule has 0 bridgehead atoms. The fourth-order valence-electron chi connectivity index (χ4n) is 2.79. The Bertz CT molecular complexity index is 679. The third-order valence-electron chi connectivity index (χ3n) is 3.81. The van der Waals surface area contributed by atoms with Gasteiger partial charge in [-0.25, -0.2) is 4.98 Å². The van der Waals surface area contributed by atoms with Gasteiger partial charge < -0.3 is 4.90 Å². The van der Waals surface area contributed by atoms with Gasteiger partial charge in [0.05, 0.1) is 17.5 Å². The van der Waals surface area contributed by atoms with Crippen molar-refractivity contribution in [3.63, 3.8) is 0 Å². The number of likely N-dealkylation sites (tertiary alicyclic amines) is 1. The molecule has 0 saturated carbocycles. The van der Waals surface area contributed by atoms with E-state index in [2.05, 4.69) is 33.3 Å². The Hall–Kier alpha value is -1.83. The van der Waals surface area contributed by atoms with Crippen molar-refractivity contribution in [1.29, 1.82) is 0 Å². The summed E-state index contributed by atoms with van der Waals surface area (Å²) in [7, 11) is 0. The van der Waals surface area contributed by atoms with E-state index in [1.165, 1.54) is 11.8 Å². The third-order valence-corrected chi connectivity index (χ3v) is 4.64. The number of carbonyl (C=O) groups excluding carboxylic acids is 1. The summed E-state index contributed by atoms with van der Waals surface area (Å²) in [6.07, 6.45) is 0.956. The Morgan fingerprint density at radius 3 is 2.91 bits per heavy atom. The Balaban J connectivity index is 1.55. The Labute approximate surface area is 133 Å². The molecule has 118 valence electrons. The molecule has 1 amide bonds. The van der Waals surface area contributed by atoms with Gasteiger partial charge in [0, 0.05) is 18.8 Å². The fraction of sp³-hybridized carbons (Fsp3) is 0.571. The maximum atomic E-state index is 12.3. The summed E-state index contributed by atoms with van der Waals surface area (Å²) in [5.41, 5.74) is 2.18. The molecule has 0 unspecified atom stereocenters. The highest BCUT2D eigenvalue weighted by Gasteiger charge is 2.28. The highest BCUT2D eigenvalue weighted by atomic mass is 32.2. The van der Waals surface area contributed by atoms with Crippen molar-refractivity contribution < 1.29 is 4.79 Å². The van der Waals surface area contributed by atoms with Crippen LogP contribution < -0.4 is 0 Å². The Morgan fingerprint density at radius 2 is 2.27 bits per heavy atom. The first-order chi connectivity index (χ1) is 10.5. The Morgan fingerprint density at radius 1 is 1.45 bits per heavy atom. The minimum absolute atomic E-state index is 0.136. The number of hydrogen-bond acceptors (Lipinski definition) is 5. The number of aromatic amines is 1. The summed E-state index contributed by atoms with van der Waals surface area (Å²) in [6.45, 7) is 7.42. The van der Waals surface area contributed by atoms with Crippen LogP contribution in [0.2, 0.25) is 0 Å². The zero-order chi connectivity index (χ0) is 15.7. The van der Waals surface area contributed by atoms with E-state index in [0.29, 0.717) is 10.9 Å². The van der Waals surface area contributed by atoms with Crippen LogP contribution >= 0.6 is 11.8 Å². The maximum absolute atomic E-state index is 12.3. The highest BCUT2D eigenvalue weighted by Crippen LogP contribution is 2.24. The molecule has 8 heteroatoms. The monoisotopic (exact) mass is 320 g/mol.